The third-order valence-electron chi connectivity index (χ3n) is 11.7. The molecule has 3 fully saturated rings. The van der Waals surface area contributed by atoms with Gasteiger partial charge in [0.15, 0.2) is 0 Å². The molecule has 53 heavy (non-hydrogen) atoms. The number of rotatable bonds is 7. The minimum atomic E-state index is -1.08. The molecule has 2 N–H and O–H groups in total. The molecule has 4 aliphatic heterocycles. The van der Waals surface area contributed by atoms with Crippen LogP contribution in [-0.4, -0.2) is 115 Å². The van der Waals surface area contributed by atoms with E-state index in [0.717, 1.165) is 16.8 Å². The predicted octanol–water partition coefficient (Wildman–Crippen LogP) is 2.78. The zero-order valence-electron chi connectivity index (χ0n) is 30.0. The molecular formula is C39H44F2N8O4. The van der Waals surface area contributed by atoms with Gasteiger partial charge in [0, 0.05) is 50.5 Å². The van der Waals surface area contributed by atoms with E-state index in [1.54, 1.807) is 30.3 Å². The fourth-order valence-electron chi connectivity index (χ4n) is 9.42. The second-order valence-electron chi connectivity index (χ2n) is 15.7. The van der Waals surface area contributed by atoms with E-state index in [4.69, 9.17) is 21.1 Å². The smallest absolute Gasteiger partial charge is 0.318 e. The molecule has 5 aliphatic rings. The molecule has 8 rings (SSSR count). The van der Waals surface area contributed by atoms with Gasteiger partial charge in [0.2, 0.25) is 5.91 Å². The molecule has 1 amide bonds. The average Bonchev–Trinajstić information content (AvgIpc) is 3.56. The van der Waals surface area contributed by atoms with Crippen LogP contribution in [0.15, 0.2) is 43.5 Å². The van der Waals surface area contributed by atoms with Crippen LogP contribution >= 0.6 is 0 Å². The summed E-state index contributed by atoms with van der Waals surface area (Å²) in [5.74, 6) is 2.54. The van der Waals surface area contributed by atoms with Gasteiger partial charge in [0.1, 0.15) is 30.7 Å². The van der Waals surface area contributed by atoms with E-state index < -0.39 is 35.3 Å². The number of ether oxygens (including phenoxy) is 1. The Hall–Kier alpha value is -4.87. The van der Waals surface area contributed by atoms with Gasteiger partial charge in [-0.1, -0.05) is 18.6 Å². The fourth-order valence-corrected chi connectivity index (χ4v) is 9.42. The number of benzene rings is 1. The van der Waals surface area contributed by atoms with Crippen LogP contribution in [0.3, 0.4) is 0 Å². The number of alkyl halides is 1. The summed E-state index contributed by atoms with van der Waals surface area (Å²) in [6.45, 7) is 8.72. The number of fused-ring (bicyclic) bond motifs is 4. The van der Waals surface area contributed by atoms with Crippen molar-refractivity contribution in [3.63, 3.8) is 0 Å². The first-order valence-electron chi connectivity index (χ1n) is 18.2. The minimum absolute atomic E-state index is 0.0860. The number of hydrogen-bond donors (Lipinski definition) is 2. The molecule has 3 aromatic rings. The van der Waals surface area contributed by atoms with Gasteiger partial charge in [-0.25, -0.2) is 18.7 Å². The van der Waals surface area contributed by atoms with Crippen LogP contribution in [0.2, 0.25) is 0 Å². The molecule has 2 aromatic heterocycles. The van der Waals surface area contributed by atoms with Crippen molar-refractivity contribution in [2.45, 2.75) is 93.9 Å². The van der Waals surface area contributed by atoms with E-state index in [1.807, 2.05) is 16.7 Å². The normalized spacial score (nSPS) is 30.5. The van der Waals surface area contributed by atoms with E-state index in [2.05, 4.69) is 27.4 Å². The Bertz CT molecular complexity index is 1980. The highest BCUT2D eigenvalue weighted by Gasteiger charge is 2.49. The Morgan fingerprint density at radius 2 is 1.98 bits per heavy atom. The minimum Gasteiger partial charge on any atom is -0.461 e. The Labute approximate surface area is 307 Å². The summed E-state index contributed by atoms with van der Waals surface area (Å²) < 4.78 is 36.5. The van der Waals surface area contributed by atoms with Gasteiger partial charge in [-0.3, -0.25) is 4.79 Å². The summed E-state index contributed by atoms with van der Waals surface area (Å²) in [5.41, 5.74) is 2.17. The number of halogens is 2. The first-order chi connectivity index (χ1) is 25.4. The van der Waals surface area contributed by atoms with Crippen LogP contribution in [0.4, 0.5) is 26.0 Å². The maximum atomic E-state index is 15.1. The van der Waals surface area contributed by atoms with Gasteiger partial charge >= 0.3 is 6.01 Å². The highest BCUT2D eigenvalue weighted by Crippen LogP contribution is 2.42. The van der Waals surface area contributed by atoms with E-state index in [0.29, 0.717) is 62.4 Å². The molecular weight excluding hydrogens is 682 g/mol. The maximum absolute atomic E-state index is 15.1. The van der Waals surface area contributed by atoms with Crippen LogP contribution in [0.5, 0.6) is 6.01 Å². The van der Waals surface area contributed by atoms with Gasteiger partial charge in [0.25, 0.3) is 0 Å². The standard InChI is InChI=1S/C39H44F2N8O4/c1-5-28-30(41)10-7-23-13-39(4,52)20-47(35(23)28)25-8-9-29-31(11-25)44-37(53-21-38(3)14-24(40)17-48(38)27-15-42-22-43-16-27)45-36(29)46-18-26-12-33(50)32(19-46)49(26)34(51)6-2/h1,6-7,10,15-16,22,24-26,32-33,50,52H,2,8-9,11-14,17-21H2,3-4H3/t24-,25-,26-,32-,33?,38+,39-/m1/s1. The van der Waals surface area contributed by atoms with Crippen molar-refractivity contribution in [2.75, 3.05) is 47.5 Å². The molecule has 0 spiro atoms. The van der Waals surface area contributed by atoms with Crippen molar-refractivity contribution >= 4 is 23.1 Å². The molecule has 1 unspecified atom stereocenters. The maximum Gasteiger partial charge on any atom is 0.318 e. The van der Waals surface area contributed by atoms with E-state index in [1.165, 1.54) is 18.5 Å². The van der Waals surface area contributed by atoms with Crippen LogP contribution < -0.4 is 19.4 Å². The zero-order chi connectivity index (χ0) is 37.2. The Morgan fingerprint density at radius 1 is 1.19 bits per heavy atom. The van der Waals surface area contributed by atoms with Gasteiger partial charge in [0.05, 0.1) is 70.9 Å². The summed E-state index contributed by atoms with van der Waals surface area (Å²) >= 11 is 0. The van der Waals surface area contributed by atoms with Crippen molar-refractivity contribution in [2.24, 2.45) is 0 Å². The molecule has 0 radical (unpaired) electrons. The van der Waals surface area contributed by atoms with Crippen molar-refractivity contribution in [1.82, 2.24) is 24.8 Å². The summed E-state index contributed by atoms with van der Waals surface area (Å²) in [7, 11) is 0. The molecule has 7 atom stereocenters. The van der Waals surface area contributed by atoms with Crippen LogP contribution in [0.1, 0.15) is 55.5 Å². The monoisotopic (exact) mass is 726 g/mol. The number of β-amino-alcohol motifs (C(OH)–C–C–N with tert-alkyl or cyclic N) is 1. The molecule has 1 aromatic carbocycles. The van der Waals surface area contributed by atoms with E-state index in [9.17, 15) is 15.0 Å². The lowest BCUT2D eigenvalue weighted by molar-refractivity contribution is -0.130. The average molecular weight is 727 g/mol. The number of carbonyl (C=O) groups is 1. The fraction of sp³-hybridized carbons (Fsp3) is 0.513. The number of nitrogens with zero attached hydrogens (tertiary/aromatic N) is 8. The van der Waals surface area contributed by atoms with Crippen molar-refractivity contribution in [1.29, 1.82) is 0 Å². The second-order valence-corrected chi connectivity index (χ2v) is 15.7. The summed E-state index contributed by atoms with van der Waals surface area (Å²) in [6.07, 6.45) is 12.8. The zero-order valence-corrected chi connectivity index (χ0v) is 30.0. The summed E-state index contributed by atoms with van der Waals surface area (Å²) in [5, 5.41) is 22.3. The van der Waals surface area contributed by atoms with Gasteiger partial charge in [-0.15, -0.1) is 6.42 Å². The van der Waals surface area contributed by atoms with Crippen molar-refractivity contribution in [3.8, 4) is 18.4 Å². The van der Waals surface area contributed by atoms with Gasteiger partial charge < -0.3 is 34.5 Å². The molecule has 1 aliphatic carbocycles. The Kier molecular flexibility index (Phi) is 8.77. The topological polar surface area (TPSA) is 131 Å². The second kappa shape index (κ2) is 13.2. The number of anilines is 3. The van der Waals surface area contributed by atoms with Gasteiger partial charge in [-0.2, -0.15) is 9.97 Å². The number of carbonyl (C=O) groups excluding carboxylic acids is 1. The third kappa shape index (κ3) is 6.23. The molecule has 0 saturated carbocycles. The molecule has 6 heterocycles. The number of aliphatic hydroxyl groups excluding tert-OH is 1. The van der Waals surface area contributed by atoms with Gasteiger partial charge in [-0.05, 0) is 50.8 Å². The number of aromatic nitrogens is 4. The molecule has 278 valence electrons. The van der Waals surface area contributed by atoms with Crippen LogP contribution in [0, 0.1) is 18.2 Å². The number of terminal acetylenes is 1. The van der Waals surface area contributed by atoms with Crippen molar-refractivity contribution in [3.05, 3.63) is 71.7 Å². The van der Waals surface area contributed by atoms with Crippen LogP contribution in [0.25, 0.3) is 0 Å². The molecule has 12 nitrogen and oxygen atoms in total. The molecule has 3 saturated heterocycles. The first kappa shape index (κ1) is 35.2. The lowest BCUT2D eigenvalue weighted by Gasteiger charge is -2.46. The lowest BCUT2D eigenvalue weighted by Crippen LogP contribution is -2.57. The van der Waals surface area contributed by atoms with Crippen LogP contribution in [-0.2, 0) is 24.1 Å². The largest absolute Gasteiger partial charge is 0.461 e. The summed E-state index contributed by atoms with van der Waals surface area (Å²) in [4.78, 5) is 38.8. The third-order valence-corrected chi connectivity index (χ3v) is 11.7. The Morgan fingerprint density at radius 3 is 2.72 bits per heavy atom. The Balaban J connectivity index is 1.15. The number of amides is 1. The van der Waals surface area contributed by atoms with Crippen molar-refractivity contribution < 1.29 is 28.5 Å². The SMILES string of the molecule is C#Cc1c(F)ccc2c1N([C@@H]1CCc3c(nc(OC[C@]4(C)C[C@@H](F)CN4c4cncnc4)nc3N3C[C@H]4CC(O)[C@@H](C3)N4C(=O)C=C)C1)C[C@](C)(O)C2. The highest BCUT2D eigenvalue weighted by molar-refractivity contribution is 5.88. The molecule has 14 heteroatoms. The first-order valence-corrected chi connectivity index (χ1v) is 18.2. The number of aliphatic hydroxyl groups is 2. The lowest BCUT2D eigenvalue weighted by atomic mass is 9.83. The number of hydrogen-bond acceptors (Lipinski definition) is 11. The number of piperazine rings is 1. The quantitative estimate of drug-likeness (QED) is 0.276. The predicted molar refractivity (Wildman–Crippen MR) is 194 cm³/mol. The highest BCUT2D eigenvalue weighted by atomic mass is 19.1. The van der Waals surface area contributed by atoms with E-state index in [-0.39, 0.29) is 55.7 Å². The van der Waals surface area contributed by atoms with E-state index >= 15 is 8.78 Å². The molecule has 2 bridgehead atoms. The summed E-state index contributed by atoms with van der Waals surface area (Å²) in [6, 6.07) is 2.35.